The Bertz CT molecular complexity index is 331. The summed E-state index contributed by atoms with van der Waals surface area (Å²) in [5, 5.41) is 0.209. The van der Waals surface area contributed by atoms with E-state index in [0.29, 0.717) is 6.42 Å². The Morgan fingerprint density at radius 2 is 1.38 bits per heavy atom. The largest absolute Gasteiger partial charge is 0.413 e. The molecule has 3 heteroatoms. The predicted octanol–water partition coefficient (Wildman–Crippen LogP) is 7.28. The first-order chi connectivity index (χ1) is 11.1. The number of hydrogen-bond donors (Lipinski definition) is 0. The lowest BCUT2D eigenvalue weighted by atomic mass is 10.0. The summed E-state index contributed by atoms with van der Waals surface area (Å²) in [6.07, 6.45) is 13.8. The topological polar surface area (TPSA) is 26.3 Å². The standard InChI is InChI=1S/C21H44O2Si/c1-8-9-10-11-12-13-14-15-16-17-20(18-19(2)22)23-24(6,7)21(3,4)5/h20H,8-18H2,1-7H3/t20-/m1/s1. The van der Waals surface area contributed by atoms with E-state index in [9.17, 15) is 4.79 Å². The van der Waals surface area contributed by atoms with Crippen LogP contribution in [-0.2, 0) is 9.22 Å². The smallest absolute Gasteiger partial charge is 0.192 e. The summed E-state index contributed by atoms with van der Waals surface area (Å²) < 4.78 is 6.50. The number of unbranched alkanes of at least 4 members (excludes halogenated alkanes) is 8. The Balaban J connectivity index is 4.07. The van der Waals surface area contributed by atoms with Crippen LogP contribution in [0.15, 0.2) is 0 Å². The monoisotopic (exact) mass is 356 g/mol. The van der Waals surface area contributed by atoms with E-state index in [1.165, 1.54) is 57.8 Å². The molecule has 0 aromatic rings. The van der Waals surface area contributed by atoms with E-state index in [1.807, 2.05) is 0 Å². The zero-order chi connectivity index (χ0) is 18.6. The highest BCUT2D eigenvalue weighted by atomic mass is 28.4. The van der Waals surface area contributed by atoms with Gasteiger partial charge in [-0.15, -0.1) is 0 Å². The third kappa shape index (κ3) is 11.4. The minimum Gasteiger partial charge on any atom is -0.413 e. The van der Waals surface area contributed by atoms with Gasteiger partial charge in [0.15, 0.2) is 8.32 Å². The SMILES string of the molecule is CCCCCCCCCCC[C@H](CC(C)=O)O[Si](C)(C)C(C)(C)C. The van der Waals surface area contributed by atoms with Crippen molar-refractivity contribution in [2.75, 3.05) is 0 Å². The maximum absolute atomic E-state index is 11.6. The van der Waals surface area contributed by atoms with Crippen LogP contribution in [0.25, 0.3) is 0 Å². The van der Waals surface area contributed by atoms with Crippen LogP contribution in [-0.4, -0.2) is 20.2 Å². The summed E-state index contributed by atoms with van der Waals surface area (Å²) in [6, 6.07) is 0. The maximum atomic E-state index is 11.6. The van der Waals surface area contributed by atoms with Crippen molar-refractivity contribution in [1.82, 2.24) is 0 Å². The molecular weight excluding hydrogens is 312 g/mol. The molecule has 0 amide bonds. The molecule has 0 spiro atoms. The lowest BCUT2D eigenvalue weighted by molar-refractivity contribution is -0.118. The summed E-state index contributed by atoms with van der Waals surface area (Å²) in [7, 11) is -1.78. The second kappa shape index (κ2) is 12.2. The van der Waals surface area contributed by atoms with Crippen molar-refractivity contribution in [1.29, 1.82) is 0 Å². The van der Waals surface area contributed by atoms with Gasteiger partial charge in [-0.1, -0.05) is 85.5 Å². The molecule has 0 fully saturated rings. The highest BCUT2D eigenvalue weighted by Gasteiger charge is 2.39. The number of carbonyl (C=O) groups is 1. The molecule has 1 atom stereocenters. The number of carbonyl (C=O) groups excluding carboxylic acids is 1. The molecule has 24 heavy (non-hydrogen) atoms. The molecule has 144 valence electrons. The molecule has 2 nitrogen and oxygen atoms in total. The van der Waals surface area contributed by atoms with Crippen molar-refractivity contribution in [2.45, 2.75) is 129 Å². The van der Waals surface area contributed by atoms with Gasteiger partial charge in [0, 0.05) is 6.42 Å². The van der Waals surface area contributed by atoms with Gasteiger partial charge in [0.1, 0.15) is 5.78 Å². The quantitative estimate of drug-likeness (QED) is 0.241. The van der Waals surface area contributed by atoms with E-state index in [0.717, 1.165) is 6.42 Å². The van der Waals surface area contributed by atoms with E-state index >= 15 is 0 Å². The molecule has 0 radical (unpaired) electrons. The number of hydrogen-bond acceptors (Lipinski definition) is 2. The van der Waals surface area contributed by atoms with E-state index in [4.69, 9.17) is 4.43 Å². The van der Waals surface area contributed by atoms with E-state index < -0.39 is 8.32 Å². The number of ketones is 1. The van der Waals surface area contributed by atoms with E-state index in [2.05, 4.69) is 40.8 Å². The van der Waals surface area contributed by atoms with Gasteiger partial charge in [-0.05, 0) is 31.5 Å². The Kier molecular flexibility index (Phi) is 12.2. The summed E-state index contributed by atoms with van der Waals surface area (Å²) in [6.45, 7) is 15.3. The van der Waals surface area contributed by atoms with E-state index in [1.54, 1.807) is 6.92 Å². The lowest BCUT2D eigenvalue weighted by Crippen LogP contribution is -2.44. The predicted molar refractivity (Wildman–Crippen MR) is 109 cm³/mol. The fourth-order valence-electron chi connectivity index (χ4n) is 2.80. The summed E-state index contributed by atoms with van der Waals surface area (Å²) in [5.41, 5.74) is 0. The first kappa shape index (κ1) is 23.8. The van der Waals surface area contributed by atoms with Crippen molar-refractivity contribution < 1.29 is 9.22 Å². The summed E-state index contributed by atoms with van der Waals surface area (Å²) in [5.74, 6) is 0.259. The lowest BCUT2D eigenvalue weighted by Gasteiger charge is -2.39. The van der Waals surface area contributed by atoms with Crippen molar-refractivity contribution in [3.63, 3.8) is 0 Å². The molecule has 0 bridgehead atoms. The molecule has 0 rings (SSSR count). The van der Waals surface area contributed by atoms with Crippen molar-refractivity contribution >= 4 is 14.1 Å². The summed E-state index contributed by atoms with van der Waals surface area (Å²) in [4.78, 5) is 11.6. The Morgan fingerprint density at radius 3 is 1.79 bits per heavy atom. The third-order valence-corrected chi connectivity index (χ3v) is 9.95. The maximum Gasteiger partial charge on any atom is 0.192 e. The highest BCUT2D eigenvalue weighted by Crippen LogP contribution is 2.38. The molecule has 0 aliphatic carbocycles. The van der Waals surface area contributed by atoms with Crippen LogP contribution in [0.5, 0.6) is 0 Å². The van der Waals surface area contributed by atoms with E-state index in [-0.39, 0.29) is 16.9 Å². The van der Waals surface area contributed by atoms with Crippen molar-refractivity contribution in [2.24, 2.45) is 0 Å². The zero-order valence-corrected chi connectivity index (χ0v) is 18.7. The minimum atomic E-state index is -1.78. The van der Waals surface area contributed by atoms with Crippen LogP contribution in [0.2, 0.25) is 18.1 Å². The van der Waals surface area contributed by atoms with Gasteiger partial charge in [0.2, 0.25) is 0 Å². The van der Waals surface area contributed by atoms with Crippen LogP contribution >= 0.6 is 0 Å². The van der Waals surface area contributed by atoms with Gasteiger partial charge < -0.3 is 4.43 Å². The third-order valence-electron chi connectivity index (χ3n) is 5.41. The molecule has 0 unspecified atom stereocenters. The Hall–Kier alpha value is -0.153. The second-order valence-corrected chi connectivity index (χ2v) is 13.8. The minimum absolute atomic E-state index is 0.132. The van der Waals surface area contributed by atoms with Crippen LogP contribution in [0.4, 0.5) is 0 Å². The zero-order valence-electron chi connectivity index (χ0n) is 17.7. The molecule has 0 saturated carbocycles. The fourth-order valence-corrected chi connectivity index (χ4v) is 4.19. The highest BCUT2D eigenvalue weighted by molar-refractivity contribution is 6.74. The van der Waals surface area contributed by atoms with Gasteiger partial charge in [-0.2, -0.15) is 0 Å². The average molecular weight is 357 g/mol. The van der Waals surface area contributed by atoms with Crippen LogP contribution in [0.1, 0.15) is 105 Å². The van der Waals surface area contributed by atoms with Gasteiger partial charge in [0.25, 0.3) is 0 Å². The Labute approximate surface area is 153 Å². The molecule has 0 aliphatic rings. The molecule has 0 heterocycles. The number of rotatable bonds is 14. The summed E-state index contributed by atoms with van der Waals surface area (Å²) >= 11 is 0. The molecule has 0 aliphatic heterocycles. The van der Waals surface area contributed by atoms with Crippen LogP contribution in [0.3, 0.4) is 0 Å². The molecule has 0 saturated heterocycles. The fraction of sp³-hybridized carbons (Fsp3) is 0.952. The van der Waals surface area contributed by atoms with Gasteiger partial charge in [0.05, 0.1) is 6.10 Å². The molecular formula is C21H44O2Si. The van der Waals surface area contributed by atoms with Crippen molar-refractivity contribution in [3.05, 3.63) is 0 Å². The van der Waals surface area contributed by atoms with Crippen LogP contribution < -0.4 is 0 Å². The molecule has 0 aromatic carbocycles. The Morgan fingerprint density at radius 1 is 0.917 bits per heavy atom. The average Bonchev–Trinajstić information content (AvgIpc) is 2.43. The number of Topliss-reactive ketones (excluding diaryl/α,β-unsaturated/α-hetero) is 1. The van der Waals surface area contributed by atoms with Gasteiger partial charge in [-0.3, -0.25) is 4.79 Å². The normalized spacial score (nSPS) is 14.0. The second-order valence-electron chi connectivity index (χ2n) is 9.02. The first-order valence-corrected chi connectivity index (χ1v) is 13.2. The first-order valence-electron chi connectivity index (χ1n) is 10.3. The molecule has 0 aromatic heterocycles. The van der Waals surface area contributed by atoms with Gasteiger partial charge >= 0.3 is 0 Å². The van der Waals surface area contributed by atoms with Crippen LogP contribution in [0, 0.1) is 0 Å². The van der Waals surface area contributed by atoms with Gasteiger partial charge in [-0.25, -0.2) is 0 Å². The molecule has 0 N–H and O–H groups in total. The van der Waals surface area contributed by atoms with Crippen molar-refractivity contribution in [3.8, 4) is 0 Å².